The van der Waals surface area contributed by atoms with Crippen molar-refractivity contribution >= 4 is 17.3 Å². The molecule has 2 N–H and O–H groups in total. The van der Waals surface area contributed by atoms with Gasteiger partial charge in [0.15, 0.2) is 6.61 Å². The lowest BCUT2D eigenvalue weighted by Crippen LogP contribution is -2.25. The third-order valence-corrected chi connectivity index (χ3v) is 2.84. The molecule has 1 aliphatic heterocycles. The molecule has 1 aromatic carbocycles. The number of nitrogens with one attached hydrogen (secondary N) is 2. The van der Waals surface area contributed by atoms with Crippen LogP contribution in [-0.4, -0.2) is 19.1 Å². The maximum absolute atomic E-state index is 11.2. The second kappa shape index (κ2) is 5.41. The van der Waals surface area contributed by atoms with Crippen molar-refractivity contribution in [3.8, 4) is 11.8 Å². The number of carbonyl (C=O) groups is 1. The van der Waals surface area contributed by atoms with E-state index in [0.29, 0.717) is 18.0 Å². The minimum atomic E-state index is -0.150. The molecule has 0 saturated carbocycles. The third kappa shape index (κ3) is 2.72. The first-order valence-corrected chi connectivity index (χ1v) is 5.93. The number of nitrogens with zero attached hydrogens (tertiary/aromatic N) is 1. The topological polar surface area (TPSA) is 74.2 Å². The molecule has 0 spiro atoms. The van der Waals surface area contributed by atoms with E-state index in [0.717, 1.165) is 12.1 Å². The number of carbonyl (C=O) groups excluding carboxylic acids is 1. The van der Waals surface area contributed by atoms with Gasteiger partial charge in [0.25, 0.3) is 5.91 Å². The fourth-order valence-electron chi connectivity index (χ4n) is 1.72. The molecule has 1 aromatic rings. The predicted octanol–water partition coefficient (Wildman–Crippen LogP) is 1.98. The number of nitriles is 1. The summed E-state index contributed by atoms with van der Waals surface area (Å²) in [5.74, 6) is 0.516. The highest BCUT2D eigenvalue weighted by Crippen LogP contribution is 2.30. The van der Waals surface area contributed by atoms with Crippen molar-refractivity contribution in [3.05, 3.63) is 18.2 Å². The van der Waals surface area contributed by atoms with E-state index in [-0.39, 0.29) is 18.4 Å². The molecule has 5 heteroatoms. The van der Waals surface area contributed by atoms with E-state index in [1.54, 1.807) is 0 Å². The average Bonchev–Trinajstić information content (AvgIpc) is 2.39. The van der Waals surface area contributed by atoms with Crippen LogP contribution in [0.3, 0.4) is 0 Å². The predicted molar refractivity (Wildman–Crippen MR) is 68.5 cm³/mol. The van der Waals surface area contributed by atoms with E-state index in [1.165, 1.54) is 0 Å². The monoisotopic (exact) mass is 245 g/mol. The Morgan fingerprint density at radius 1 is 1.61 bits per heavy atom. The largest absolute Gasteiger partial charge is 0.482 e. The van der Waals surface area contributed by atoms with Gasteiger partial charge in [0.2, 0.25) is 0 Å². The van der Waals surface area contributed by atoms with Gasteiger partial charge >= 0.3 is 0 Å². The summed E-state index contributed by atoms with van der Waals surface area (Å²) in [5.41, 5.74) is 1.54. The van der Waals surface area contributed by atoms with Gasteiger partial charge in [0.05, 0.1) is 17.7 Å². The number of ether oxygens (including phenoxy) is 1. The molecular formula is C13H15N3O2. The molecule has 94 valence electrons. The van der Waals surface area contributed by atoms with Gasteiger partial charge in [0.1, 0.15) is 5.75 Å². The molecule has 5 nitrogen and oxygen atoms in total. The van der Waals surface area contributed by atoms with Crippen molar-refractivity contribution in [1.29, 1.82) is 5.26 Å². The van der Waals surface area contributed by atoms with Crippen molar-refractivity contribution in [2.24, 2.45) is 5.92 Å². The second-order valence-corrected chi connectivity index (χ2v) is 4.16. The van der Waals surface area contributed by atoms with Gasteiger partial charge in [-0.3, -0.25) is 4.79 Å². The fourth-order valence-corrected chi connectivity index (χ4v) is 1.72. The third-order valence-electron chi connectivity index (χ3n) is 2.84. The van der Waals surface area contributed by atoms with Crippen LogP contribution in [-0.2, 0) is 4.79 Å². The minimum Gasteiger partial charge on any atom is -0.482 e. The van der Waals surface area contributed by atoms with E-state index >= 15 is 0 Å². The Morgan fingerprint density at radius 2 is 2.44 bits per heavy atom. The zero-order valence-corrected chi connectivity index (χ0v) is 10.2. The molecule has 18 heavy (non-hydrogen) atoms. The van der Waals surface area contributed by atoms with Gasteiger partial charge in [-0.15, -0.1) is 0 Å². The van der Waals surface area contributed by atoms with Gasteiger partial charge < -0.3 is 15.4 Å². The van der Waals surface area contributed by atoms with Gasteiger partial charge in [0, 0.05) is 12.2 Å². The van der Waals surface area contributed by atoms with Crippen LogP contribution < -0.4 is 15.4 Å². The quantitative estimate of drug-likeness (QED) is 0.850. The van der Waals surface area contributed by atoms with E-state index in [1.807, 2.05) is 25.1 Å². The Bertz CT molecular complexity index is 493. The highest BCUT2D eigenvalue weighted by atomic mass is 16.5. The molecule has 0 bridgehead atoms. The highest BCUT2D eigenvalue weighted by molar-refractivity contribution is 5.95. The number of hydrogen-bond donors (Lipinski definition) is 2. The lowest BCUT2D eigenvalue weighted by atomic mass is 10.1. The molecule has 1 atom stereocenters. The Balaban J connectivity index is 2.05. The lowest BCUT2D eigenvalue weighted by Gasteiger charge is -2.19. The number of hydrogen-bond acceptors (Lipinski definition) is 4. The van der Waals surface area contributed by atoms with Crippen molar-refractivity contribution in [1.82, 2.24) is 0 Å². The molecule has 2 rings (SSSR count). The van der Waals surface area contributed by atoms with Gasteiger partial charge in [-0.2, -0.15) is 5.26 Å². The molecular weight excluding hydrogens is 230 g/mol. The van der Waals surface area contributed by atoms with Gasteiger partial charge in [-0.05, 0) is 24.6 Å². The molecule has 0 aromatic heterocycles. The van der Waals surface area contributed by atoms with Gasteiger partial charge in [-0.25, -0.2) is 0 Å². The SMILES string of the molecule is CCC(C#N)CNc1ccc2c(c1)NC(=O)CO2. The van der Waals surface area contributed by atoms with E-state index in [2.05, 4.69) is 16.7 Å². The Kier molecular flexibility index (Phi) is 3.68. The van der Waals surface area contributed by atoms with Crippen molar-refractivity contribution in [2.75, 3.05) is 23.8 Å². The molecule has 1 aliphatic rings. The Morgan fingerprint density at radius 3 is 3.17 bits per heavy atom. The second-order valence-electron chi connectivity index (χ2n) is 4.16. The Hall–Kier alpha value is -2.22. The number of fused-ring (bicyclic) bond motifs is 1. The van der Waals surface area contributed by atoms with E-state index in [9.17, 15) is 4.79 Å². The van der Waals surface area contributed by atoms with Crippen LogP contribution in [0.2, 0.25) is 0 Å². The standard InChI is InChI=1S/C13H15N3O2/c1-2-9(6-14)7-15-10-3-4-12-11(5-10)16-13(17)8-18-12/h3-5,9,15H,2,7-8H2,1H3,(H,16,17). The normalized spacial score (nSPS) is 14.8. The lowest BCUT2D eigenvalue weighted by molar-refractivity contribution is -0.118. The van der Waals surface area contributed by atoms with Crippen LogP contribution in [0.25, 0.3) is 0 Å². The highest BCUT2D eigenvalue weighted by Gasteiger charge is 2.16. The smallest absolute Gasteiger partial charge is 0.262 e. The average molecular weight is 245 g/mol. The zero-order valence-electron chi connectivity index (χ0n) is 10.2. The summed E-state index contributed by atoms with van der Waals surface area (Å²) in [6, 6.07) is 7.74. The molecule has 0 fully saturated rings. The van der Waals surface area contributed by atoms with Crippen LogP contribution in [0.4, 0.5) is 11.4 Å². The van der Waals surface area contributed by atoms with Crippen molar-refractivity contribution in [3.63, 3.8) is 0 Å². The van der Waals surface area contributed by atoms with Crippen LogP contribution >= 0.6 is 0 Å². The number of amides is 1. The molecule has 0 radical (unpaired) electrons. The van der Waals surface area contributed by atoms with Gasteiger partial charge in [-0.1, -0.05) is 6.92 Å². The fraction of sp³-hybridized carbons (Fsp3) is 0.385. The van der Waals surface area contributed by atoms with Crippen LogP contribution in [0.1, 0.15) is 13.3 Å². The molecule has 1 unspecified atom stereocenters. The zero-order chi connectivity index (χ0) is 13.0. The first-order valence-electron chi connectivity index (χ1n) is 5.93. The first-order chi connectivity index (χ1) is 8.72. The summed E-state index contributed by atoms with van der Waals surface area (Å²) in [6.07, 6.45) is 0.814. The molecule has 0 saturated heterocycles. The number of benzene rings is 1. The van der Waals surface area contributed by atoms with Crippen LogP contribution in [0.15, 0.2) is 18.2 Å². The van der Waals surface area contributed by atoms with Crippen LogP contribution in [0.5, 0.6) is 5.75 Å². The summed E-state index contributed by atoms with van der Waals surface area (Å²) in [5, 5.41) is 14.8. The summed E-state index contributed by atoms with van der Waals surface area (Å²) in [7, 11) is 0. The van der Waals surface area contributed by atoms with E-state index in [4.69, 9.17) is 10.00 Å². The summed E-state index contributed by atoms with van der Waals surface area (Å²) < 4.78 is 5.27. The van der Waals surface area contributed by atoms with Crippen molar-refractivity contribution < 1.29 is 9.53 Å². The number of anilines is 2. The molecule has 1 amide bonds. The first kappa shape index (κ1) is 12.2. The Labute approximate surface area is 106 Å². The maximum atomic E-state index is 11.2. The number of rotatable bonds is 4. The van der Waals surface area contributed by atoms with E-state index < -0.39 is 0 Å². The minimum absolute atomic E-state index is 0.00752. The molecule has 1 heterocycles. The summed E-state index contributed by atoms with van der Waals surface area (Å²) in [6.45, 7) is 2.64. The maximum Gasteiger partial charge on any atom is 0.262 e. The molecule has 0 aliphatic carbocycles. The summed E-state index contributed by atoms with van der Waals surface area (Å²) in [4.78, 5) is 11.2. The summed E-state index contributed by atoms with van der Waals surface area (Å²) >= 11 is 0. The van der Waals surface area contributed by atoms with Crippen molar-refractivity contribution in [2.45, 2.75) is 13.3 Å². The van der Waals surface area contributed by atoms with Crippen LogP contribution in [0, 0.1) is 17.2 Å².